The number of hydrogen-bond acceptors (Lipinski definition) is 4. The summed E-state index contributed by atoms with van der Waals surface area (Å²) in [6, 6.07) is 7.73. The Labute approximate surface area is 140 Å². The third-order valence-electron chi connectivity index (χ3n) is 3.52. The molecule has 0 spiro atoms. The second kappa shape index (κ2) is 8.08. The van der Waals surface area contributed by atoms with Crippen LogP contribution in [0.5, 0.6) is 5.88 Å². The molecule has 0 amide bonds. The molecule has 3 N–H and O–H groups in total. The highest BCUT2D eigenvalue weighted by Crippen LogP contribution is 2.23. The topological polar surface area (TPSA) is 65.1 Å². The lowest BCUT2D eigenvalue weighted by molar-refractivity contribution is 0.273. The number of nitrogen functional groups attached to an aromatic ring is 1. The zero-order chi connectivity index (χ0) is 15.9. The summed E-state index contributed by atoms with van der Waals surface area (Å²) >= 11 is 3.46. The summed E-state index contributed by atoms with van der Waals surface area (Å²) in [4.78, 5) is 0. The van der Waals surface area contributed by atoms with Crippen LogP contribution in [0.4, 0.5) is 11.4 Å². The molecule has 0 fully saturated rings. The third-order valence-corrected chi connectivity index (χ3v) is 4.02. The van der Waals surface area contributed by atoms with E-state index in [2.05, 4.69) is 33.3 Å². The van der Waals surface area contributed by atoms with E-state index >= 15 is 0 Å². The minimum absolute atomic E-state index is 0.550. The Morgan fingerprint density at radius 1 is 1.41 bits per heavy atom. The van der Waals surface area contributed by atoms with Crippen molar-refractivity contribution in [1.29, 1.82) is 0 Å². The molecule has 120 valence electrons. The summed E-state index contributed by atoms with van der Waals surface area (Å²) in [7, 11) is 1.88. The predicted molar refractivity (Wildman–Crippen MR) is 94.1 cm³/mol. The van der Waals surface area contributed by atoms with Gasteiger partial charge in [-0.1, -0.05) is 22.9 Å². The van der Waals surface area contributed by atoms with Crippen molar-refractivity contribution in [2.24, 2.45) is 13.0 Å². The summed E-state index contributed by atoms with van der Waals surface area (Å²) < 4.78 is 8.44. The molecule has 2 rings (SSSR count). The Balaban J connectivity index is 1.66. The van der Waals surface area contributed by atoms with Crippen LogP contribution in [0, 0.1) is 5.92 Å². The molecule has 0 aliphatic heterocycles. The number of ether oxygens (including phenoxy) is 1. The summed E-state index contributed by atoms with van der Waals surface area (Å²) in [6.45, 7) is 3.83. The van der Waals surface area contributed by atoms with Gasteiger partial charge in [-0.15, -0.1) is 0 Å². The maximum atomic E-state index is 5.95. The van der Waals surface area contributed by atoms with Crippen LogP contribution < -0.4 is 15.8 Å². The Morgan fingerprint density at radius 2 is 2.23 bits per heavy atom. The van der Waals surface area contributed by atoms with Crippen molar-refractivity contribution < 1.29 is 4.74 Å². The summed E-state index contributed by atoms with van der Waals surface area (Å²) in [6.07, 6.45) is 3.85. The lowest BCUT2D eigenvalue weighted by Crippen LogP contribution is -2.13. The molecule has 1 aromatic carbocycles. The van der Waals surface area contributed by atoms with E-state index in [1.54, 1.807) is 10.9 Å². The Kier molecular flexibility index (Phi) is 6.12. The Morgan fingerprint density at radius 3 is 2.95 bits per heavy atom. The van der Waals surface area contributed by atoms with Gasteiger partial charge in [-0.2, -0.15) is 5.10 Å². The molecule has 1 unspecified atom stereocenters. The zero-order valence-corrected chi connectivity index (χ0v) is 14.6. The number of nitrogens with two attached hydrogens (primary N) is 1. The van der Waals surface area contributed by atoms with Gasteiger partial charge >= 0.3 is 0 Å². The zero-order valence-electron chi connectivity index (χ0n) is 13.1. The maximum Gasteiger partial charge on any atom is 0.211 e. The molecule has 2 aromatic rings. The second-order valence-electron chi connectivity index (χ2n) is 5.50. The fourth-order valence-corrected chi connectivity index (χ4v) is 2.54. The van der Waals surface area contributed by atoms with Crippen LogP contribution >= 0.6 is 15.9 Å². The minimum atomic E-state index is 0.550. The fraction of sp³-hybridized carbons (Fsp3) is 0.438. The van der Waals surface area contributed by atoms with Gasteiger partial charge in [-0.25, -0.2) is 4.68 Å². The number of hydrogen-bond donors (Lipinski definition) is 2. The van der Waals surface area contributed by atoms with Crippen LogP contribution in [0.2, 0.25) is 0 Å². The molecular formula is C16H23BrN4O. The number of aryl methyl sites for hydroxylation is 1. The maximum absolute atomic E-state index is 5.95. The first-order valence-electron chi connectivity index (χ1n) is 7.46. The number of rotatable bonds is 8. The van der Waals surface area contributed by atoms with E-state index in [0.717, 1.165) is 41.1 Å². The van der Waals surface area contributed by atoms with E-state index in [4.69, 9.17) is 10.5 Å². The molecule has 0 saturated heterocycles. The minimum Gasteiger partial charge on any atom is -0.478 e. The third kappa shape index (κ3) is 4.94. The van der Waals surface area contributed by atoms with E-state index in [1.807, 2.05) is 31.3 Å². The van der Waals surface area contributed by atoms with Crippen LogP contribution in [0.1, 0.15) is 19.8 Å². The molecule has 0 aliphatic rings. The monoisotopic (exact) mass is 366 g/mol. The average molecular weight is 367 g/mol. The highest BCUT2D eigenvalue weighted by Gasteiger charge is 2.05. The van der Waals surface area contributed by atoms with Gasteiger partial charge in [0.1, 0.15) is 0 Å². The van der Waals surface area contributed by atoms with Crippen LogP contribution in [0.3, 0.4) is 0 Å². The van der Waals surface area contributed by atoms with E-state index in [1.165, 1.54) is 0 Å². The quantitative estimate of drug-likeness (QED) is 0.552. The number of nitrogens with zero attached hydrogens (tertiary/aromatic N) is 2. The molecule has 0 saturated carbocycles. The molecule has 5 nitrogen and oxygen atoms in total. The van der Waals surface area contributed by atoms with Gasteiger partial charge in [0.2, 0.25) is 5.88 Å². The van der Waals surface area contributed by atoms with Crippen molar-refractivity contribution >= 4 is 27.3 Å². The summed E-state index contributed by atoms with van der Waals surface area (Å²) in [5, 5.41) is 7.48. The van der Waals surface area contributed by atoms with Crippen molar-refractivity contribution in [3.05, 3.63) is 34.9 Å². The number of benzene rings is 1. The Hall–Kier alpha value is -1.69. The highest BCUT2D eigenvalue weighted by atomic mass is 79.9. The fourth-order valence-electron chi connectivity index (χ4n) is 2.18. The molecule has 1 heterocycles. The number of nitrogens with one attached hydrogen (secondary N) is 1. The van der Waals surface area contributed by atoms with Crippen LogP contribution in [0.25, 0.3) is 0 Å². The normalized spacial score (nSPS) is 12.1. The summed E-state index contributed by atoms with van der Waals surface area (Å²) in [5.41, 5.74) is 7.71. The SMILES string of the molecule is CC(CCCOc1ccnn1C)CNc1cc(Br)ccc1N. The van der Waals surface area contributed by atoms with Gasteiger partial charge in [-0.05, 0) is 37.0 Å². The van der Waals surface area contributed by atoms with Crippen molar-refractivity contribution in [2.75, 3.05) is 24.2 Å². The van der Waals surface area contributed by atoms with Crippen LogP contribution in [-0.2, 0) is 7.05 Å². The van der Waals surface area contributed by atoms with Crippen molar-refractivity contribution in [2.45, 2.75) is 19.8 Å². The van der Waals surface area contributed by atoms with Crippen molar-refractivity contribution in [3.8, 4) is 5.88 Å². The molecule has 0 aliphatic carbocycles. The van der Waals surface area contributed by atoms with Gasteiger partial charge in [0.15, 0.2) is 0 Å². The predicted octanol–water partition coefficient (Wildman–Crippen LogP) is 3.67. The van der Waals surface area contributed by atoms with Crippen molar-refractivity contribution in [1.82, 2.24) is 9.78 Å². The Bertz CT molecular complexity index is 600. The van der Waals surface area contributed by atoms with Gasteiger partial charge in [0.25, 0.3) is 0 Å². The molecule has 0 bridgehead atoms. The second-order valence-corrected chi connectivity index (χ2v) is 6.42. The molecule has 1 atom stereocenters. The molecule has 0 radical (unpaired) electrons. The van der Waals surface area contributed by atoms with E-state index in [9.17, 15) is 0 Å². The first kappa shape index (κ1) is 16.7. The molecule has 6 heteroatoms. The first-order chi connectivity index (χ1) is 10.6. The number of halogens is 1. The standard InChI is InChI=1S/C16H23BrN4O/c1-12(4-3-9-22-16-7-8-20-21(16)2)11-19-15-10-13(17)5-6-14(15)18/h5-8,10,12,19H,3-4,9,11,18H2,1-2H3. The highest BCUT2D eigenvalue weighted by molar-refractivity contribution is 9.10. The largest absolute Gasteiger partial charge is 0.478 e. The summed E-state index contributed by atoms with van der Waals surface area (Å²) in [5.74, 6) is 1.36. The van der Waals surface area contributed by atoms with Crippen molar-refractivity contribution in [3.63, 3.8) is 0 Å². The van der Waals surface area contributed by atoms with Gasteiger partial charge < -0.3 is 15.8 Å². The van der Waals surface area contributed by atoms with E-state index < -0.39 is 0 Å². The van der Waals surface area contributed by atoms with Gasteiger partial charge in [0.05, 0.1) is 24.2 Å². The van der Waals surface area contributed by atoms with Crippen LogP contribution in [-0.4, -0.2) is 22.9 Å². The lowest BCUT2D eigenvalue weighted by Gasteiger charge is -2.15. The van der Waals surface area contributed by atoms with Gasteiger partial charge in [-0.3, -0.25) is 0 Å². The van der Waals surface area contributed by atoms with Gasteiger partial charge in [0, 0.05) is 24.1 Å². The number of aromatic nitrogens is 2. The van der Waals surface area contributed by atoms with E-state index in [0.29, 0.717) is 12.5 Å². The van der Waals surface area contributed by atoms with E-state index in [-0.39, 0.29) is 0 Å². The average Bonchev–Trinajstić information content (AvgIpc) is 2.90. The smallest absolute Gasteiger partial charge is 0.211 e. The molecular weight excluding hydrogens is 344 g/mol. The number of anilines is 2. The first-order valence-corrected chi connectivity index (χ1v) is 8.25. The lowest BCUT2D eigenvalue weighted by atomic mass is 10.1. The molecule has 22 heavy (non-hydrogen) atoms. The van der Waals surface area contributed by atoms with Crippen LogP contribution in [0.15, 0.2) is 34.9 Å². The molecule has 1 aromatic heterocycles.